The summed E-state index contributed by atoms with van der Waals surface area (Å²) in [6.45, 7) is 5.08. The van der Waals surface area contributed by atoms with E-state index < -0.39 is 17.2 Å². The van der Waals surface area contributed by atoms with Gasteiger partial charge in [0, 0.05) is 38.4 Å². The van der Waals surface area contributed by atoms with Crippen molar-refractivity contribution in [2.24, 2.45) is 5.92 Å². The van der Waals surface area contributed by atoms with Gasteiger partial charge in [0.1, 0.15) is 16.1 Å². The van der Waals surface area contributed by atoms with Gasteiger partial charge in [-0.25, -0.2) is 4.98 Å². The molecule has 0 aliphatic carbocycles. The number of aryl methyl sites for hydroxylation is 1. The second-order valence-electron chi connectivity index (χ2n) is 7.70. The first-order chi connectivity index (χ1) is 14.8. The van der Waals surface area contributed by atoms with Crippen molar-refractivity contribution < 1.29 is 9.59 Å². The molecule has 0 spiro atoms. The summed E-state index contributed by atoms with van der Waals surface area (Å²) >= 11 is 3.14. The highest BCUT2D eigenvalue weighted by Gasteiger charge is 2.22. The lowest BCUT2D eigenvalue weighted by Gasteiger charge is -2.18. The molecule has 2 amide bonds. The molecule has 0 bridgehead atoms. The number of pyridine rings is 1. The molecule has 31 heavy (non-hydrogen) atoms. The number of nitrogens with one attached hydrogen (secondary N) is 1. The van der Waals surface area contributed by atoms with E-state index in [0.717, 1.165) is 22.0 Å². The lowest BCUT2D eigenvalue weighted by molar-refractivity contribution is 0.0781. The zero-order chi connectivity index (χ0) is 22.5. The largest absolute Gasteiger partial charge is 0.355 e. The molecule has 3 heterocycles. The van der Waals surface area contributed by atoms with Crippen LogP contribution in [-0.4, -0.2) is 40.4 Å². The first-order valence-electron chi connectivity index (χ1n) is 10.00. The van der Waals surface area contributed by atoms with Crippen LogP contribution in [0.15, 0.2) is 40.1 Å². The van der Waals surface area contributed by atoms with Gasteiger partial charge in [0.2, 0.25) is 5.43 Å². The zero-order valence-corrected chi connectivity index (χ0v) is 19.7. The maximum absolute atomic E-state index is 13.1. The smallest absolute Gasteiger partial charge is 0.259 e. The van der Waals surface area contributed by atoms with Crippen molar-refractivity contribution in [1.82, 2.24) is 19.8 Å². The molecule has 164 valence electrons. The molecule has 3 aromatic heterocycles. The predicted octanol–water partition coefficient (Wildman–Crippen LogP) is 3.71. The number of carbonyl (C=O) groups excluding carboxylic acids is 2. The minimum Gasteiger partial charge on any atom is -0.355 e. The Morgan fingerprint density at radius 1 is 1.23 bits per heavy atom. The lowest BCUT2D eigenvalue weighted by Crippen LogP contribution is -2.35. The Labute approximate surface area is 189 Å². The second kappa shape index (κ2) is 10.0. The third-order valence-corrected chi connectivity index (χ3v) is 6.71. The van der Waals surface area contributed by atoms with Gasteiger partial charge in [-0.1, -0.05) is 19.9 Å². The molecular weight excluding hydrogens is 432 g/mol. The van der Waals surface area contributed by atoms with Crippen LogP contribution >= 0.6 is 22.7 Å². The Morgan fingerprint density at radius 3 is 2.61 bits per heavy atom. The molecule has 0 saturated heterocycles. The summed E-state index contributed by atoms with van der Waals surface area (Å²) in [5.41, 5.74) is 0.154. The van der Waals surface area contributed by atoms with Gasteiger partial charge in [0.15, 0.2) is 0 Å². The number of thiazole rings is 1. The minimum atomic E-state index is -0.561. The molecule has 1 N–H and O–H groups in total. The molecular formula is C22H26N4O3S2. The standard InChI is InChI=1S/C22H26N4O3S2/c1-14(2)7-8-26-11-16(20(28)23-3)19(27)17(12-26)22(29)25(4)10-15-13-31-21(24-15)18-6-5-9-30-18/h5-6,9,11-14H,7-8,10H2,1-4H3,(H,23,28). The van der Waals surface area contributed by atoms with E-state index in [2.05, 4.69) is 24.1 Å². The number of amides is 2. The quantitative estimate of drug-likeness (QED) is 0.558. The van der Waals surface area contributed by atoms with E-state index in [9.17, 15) is 14.4 Å². The van der Waals surface area contributed by atoms with Gasteiger partial charge in [-0.2, -0.15) is 0 Å². The Hall–Kier alpha value is -2.78. The normalized spacial score (nSPS) is 11.0. The lowest BCUT2D eigenvalue weighted by atomic mass is 10.1. The SMILES string of the molecule is CNC(=O)c1cn(CCC(C)C)cc(C(=O)N(C)Cc2csc(-c3cccs3)n2)c1=O. The molecule has 0 aromatic carbocycles. The molecule has 9 heteroatoms. The fraction of sp³-hybridized carbons (Fsp3) is 0.364. The molecule has 0 fully saturated rings. The number of nitrogens with zero attached hydrogens (tertiary/aromatic N) is 3. The molecule has 0 aliphatic rings. The van der Waals surface area contributed by atoms with Crippen molar-refractivity contribution in [1.29, 1.82) is 0 Å². The van der Waals surface area contributed by atoms with E-state index in [0.29, 0.717) is 12.5 Å². The van der Waals surface area contributed by atoms with Gasteiger partial charge in [0.25, 0.3) is 11.8 Å². The number of thiophene rings is 1. The average molecular weight is 459 g/mol. The topological polar surface area (TPSA) is 84.3 Å². The van der Waals surface area contributed by atoms with E-state index in [-0.39, 0.29) is 17.7 Å². The number of carbonyl (C=O) groups is 2. The zero-order valence-electron chi connectivity index (χ0n) is 18.0. The van der Waals surface area contributed by atoms with Crippen molar-refractivity contribution in [2.75, 3.05) is 14.1 Å². The molecule has 7 nitrogen and oxygen atoms in total. The third kappa shape index (κ3) is 5.48. The second-order valence-corrected chi connectivity index (χ2v) is 9.50. The molecule has 3 rings (SSSR count). The average Bonchev–Trinajstić information content (AvgIpc) is 3.43. The van der Waals surface area contributed by atoms with Crippen LogP contribution in [0.25, 0.3) is 9.88 Å². The Morgan fingerprint density at radius 2 is 1.97 bits per heavy atom. The summed E-state index contributed by atoms with van der Waals surface area (Å²) in [5, 5.41) is 7.30. The van der Waals surface area contributed by atoms with Crippen molar-refractivity contribution in [3.05, 3.63) is 62.3 Å². The highest BCUT2D eigenvalue weighted by molar-refractivity contribution is 7.20. The highest BCUT2D eigenvalue weighted by Crippen LogP contribution is 2.28. The number of aromatic nitrogens is 2. The number of hydrogen-bond acceptors (Lipinski definition) is 6. The maximum Gasteiger partial charge on any atom is 0.259 e. The first-order valence-corrected chi connectivity index (χ1v) is 11.8. The van der Waals surface area contributed by atoms with E-state index in [1.165, 1.54) is 29.5 Å². The fourth-order valence-electron chi connectivity index (χ4n) is 3.03. The maximum atomic E-state index is 13.1. The van der Waals surface area contributed by atoms with Crippen molar-refractivity contribution in [3.8, 4) is 9.88 Å². The van der Waals surface area contributed by atoms with Crippen LogP contribution in [0, 0.1) is 5.92 Å². The summed E-state index contributed by atoms with van der Waals surface area (Å²) in [5.74, 6) is -0.479. The predicted molar refractivity (Wildman–Crippen MR) is 125 cm³/mol. The van der Waals surface area contributed by atoms with Gasteiger partial charge in [-0.05, 0) is 23.8 Å². The summed E-state index contributed by atoms with van der Waals surface area (Å²) in [6, 6.07) is 3.98. The summed E-state index contributed by atoms with van der Waals surface area (Å²) < 4.78 is 1.75. The Kier molecular flexibility index (Phi) is 7.40. The monoisotopic (exact) mass is 458 g/mol. The first kappa shape index (κ1) is 22.9. The van der Waals surface area contributed by atoms with Crippen LogP contribution in [0.1, 0.15) is 46.7 Å². The summed E-state index contributed by atoms with van der Waals surface area (Å²) in [6.07, 6.45) is 3.94. The highest BCUT2D eigenvalue weighted by atomic mass is 32.1. The van der Waals surface area contributed by atoms with Crippen LogP contribution in [0.4, 0.5) is 0 Å². The van der Waals surface area contributed by atoms with Gasteiger partial charge in [-0.15, -0.1) is 22.7 Å². The van der Waals surface area contributed by atoms with Gasteiger partial charge >= 0.3 is 0 Å². The fourth-order valence-corrected chi connectivity index (χ4v) is 4.65. The molecule has 0 radical (unpaired) electrons. The number of rotatable bonds is 8. The number of hydrogen-bond donors (Lipinski definition) is 1. The van der Waals surface area contributed by atoms with Crippen LogP contribution in [-0.2, 0) is 13.1 Å². The Balaban J connectivity index is 1.85. The molecule has 0 aliphatic heterocycles. The van der Waals surface area contributed by atoms with Gasteiger partial charge in [-0.3, -0.25) is 14.4 Å². The summed E-state index contributed by atoms with van der Waals surface area (Å²) in [4.78, 5) is 45.4. The summed E-state index contributed by atoms with van der Waals surface area (Å²) in [7, 11) is 3.10. The van der Waals surface area contributed by atoms with Crippen LogP contribution < -0.4 is 10.7 Å². The minimum absolute atomic E-state index is 0.0129. The third-order valence-electron chi connectivity index (χ3n) is 4.78. The van der Waals surface area contributed by atoms with E-state index in [4.69, 9.17) is 0 Å². The molecule has 0 atom stereocenters. The molecule has 3 aromatic rings. The van der Waals surface area contributed by atoms with Crippen molar-refractivity contribution in [2.45, 2.75) is 33.4 Å². The van der Waals surface area contributed by atoms with Crippen LogP contribution in [0.5, 0.6) is 0 Å². The molecule has 0 unspecified atom stereocenters. The van der Waals surface area contributed by atoms with Crippen molar-refractivity contribution in [3.63, 3.8) is 0 Å². The van der Waals surface area contributed by atoms with E-state index in [1.807, 2.05) is 22.9 Å². The van der Waals surface area contributed by atoms with Gasteiger partial charge in [0.05, 0.1) is 17.1 Å². The molecule has 0 saturated carbocycles. The van der Waals surface area contributed by atoms with Crippen LogP contribution in [0.3, 0.4) is 0 Å². The van der Waals surface area contributed by atoms with E-state index >= 15 is 0 Å². The Bertz CT molecular complexity index is 1120. The van der Waals surface area contributed by atoms with Crippen molar-refractivity contribution >= 4 is 34.5 Å². The van der Waals surface area contributed by atoms with Gasteiger partial charge < -0.3 is 14.8 Å². The van der Waals surface area contributed by atoms with Crippen LogP contribution in [0.2, 0.25) is 0 Å². The van der Waals surface area contributed by atoms with E-state index in [1.54, 1.807) is 29.1 Å².